The average molecular weight is 339 g/mol. The second-order valence-electron chi connectivity index (χ2n) is 5.61. The number of aliphatic hydroxyl groups excluding tert-OH is 1. The van der Waals surface area contributed by atoms with Crippen LogP contribution in [0.25, 0.3) is 0 Å². The number of fused-ring (bicyclic) bond motifs is 1. The molecule has 1 aromatic rings. The van der Waals surface area contributed by atoms with Gasteiger partial charge in [0.25, 0.3) is 0 Å². The van der Waals surface area contributed by atoms with Gasteiger partial charge in [-0.1, -0.05) is 30.3 Å². The Morgan fingerprint density at radius 1 is 1.25 bits per heavy atom. The van der Waals surface area contributed by atoms with Crippen LogP contribution in [-0.4, -0.2) is 62.7 Å². The molecule has 8 nitrogen and oxygen atoms in total. The molecule has 0 unspecified atom stereocenters. The van der Waals surface area contributed by atoms with Gasteiger partial charge >= 0.3 is 6.09 Å². The van der Waals surface area contributed by atoms with Gasteiger partial charge in [-0.25, -0.2) is 4.79 Å². The third-order valence-corrected chi connectivity index (χ3v) is 4.14. The second-order valence-corrected chi connectivity index (χ2v) is 5.61. The fourth-order valence-electron chi connectivity index (χ4n) is 2.92. The summed E-state index contributed by atoms with van der Waals surface area (Å²) in [4.78, 5) is 11.5. The van der Waals surface area contributed by atoms with Crippen molar-refractivity contribution in [1.29, 1.82) is 0 Å². The molecule has 0 saturated carbocycles. The van der Waals surface area contributed by atoms with Gasteiger partial charge in [0.05, 0.1) is 13.7 Å². The van der Waals surface area contributed by atoms with E-state index in [1.807, 2.05) is 30.3 Å². The van der Waals surface area contributed by atoms with Gasteiger partial charge in [-0.05, 0) is 0 Å². The van der Waals surface area contributed by atoms with Crippen molar-refractivity contribution in [2.75, 3.05) is 20.8 Å². The molecule has 2 fully saturated rings. The lowest BCUT2D eigenvalue weighted by molar-refractivity contribution is -0.341. The molecule has 1 aromatic carbocycles. The Hall–Kier alpha value is -1.71. The molecule has 0 spiro atoms. The zero-order valence-electron chi connectivity index (χ0n) is 13.5. The first kappa shape index (κ1) is 17.1. The van der Waals surface area contributed by atoms with Crippen molar-refractivity contribution in [3.63, 3.8) is 0 Å². The molecule has 8 heteroatoms. The number of benzene rings is 1. The van der Waals surface area contributed by atoms with Crippen molar-refractivity contribution in [2.45, 2.75) is 36.9 Å². The minimum absolute atomic E-state index is 0.242. The summed E-state index contributed by atoms with van der Waals surface area (Å²) < 4.78 is 27.1. The van der Waals surface area contributed by atoms with E-state index < -0.39 is 43.0 Å². The van der Waals surface area contributed by atoms with Crippen LogP contribution in [0.15, 0.2) is 30.3 Å². The molecule has 2 saturated heterocycles. The zero-order valence-corrected chi connectivity index (χ0v) is 13.5. The number of alkyl carbamates (subject to hydrolysis) is 1. The Kier molecular flexibility index (Phi) is 5.32. The summed E-state index contributed by atoms with van der Waals surface area (Å²) in [5, 5.41) is 13.2. The van der Waals surface area contributed by atoms with Gasteiger partial charge in [-0.2, -0.15) is 0 Å². The van der Waals surface area contributed by atoms with Crippen molar-refractivity contribution in [2.24, 2.45) is 0 Å². The molecule has 2 N–H and O–H groups in total. The zero-order chi connectivity index (χ0) is 17.1. The number of carbonyl (C=O) groups excluding carboxylic acids is 1. The first-order valence-corrected chi connectivity index (χ1v) is 7.67. The smallest absolute Gasteiger partial charge is 0.407 e. The molecule has 24 heavy (non-hydrogen) atoms. The van der Waals surface area contributed by atoms with Gasteiger partial charge in [0.15, 0.2) is 12.6 Å². The fourth-order valence-corrected chi connectivity index (χ4v) is 2.92. The van der Waals surface area contributed by atoms with Gasteiger partial charge in [-0.15, -0.1) is 0 Å². The van der Waals surface area contributed by atoms with Crippen LogP contribution in [-0.2, 0) is 23.7 Å². The molecule has 2 aliphatic rings. The van der Waals surface area contributed by atoms with Crippen LogP contribution in [0.1, 0.15) is 11.9 Å². The van der Waals surface area contributed by atoms with E-state index in [1.165, 1.54) is 14.2 Å². The first-order chi connectivity index (χ1) is 11.6. The van der Waals surface area contributed by atoms with Crippen LogP contribution in [0.4, 0.5) is 4.79 Å². The minimum atomic E-state index is -1.04. The Morgan fingerprint density at radius 2 is 2.00 bits per heavy atom. The highest BCUT2D eigenvalue weighted by atomic mass is 16.7. The molecule has 0 radical (unpaired) electrons. The van der Waals surface area contributed by atoms with Gasteiger partial charge in [0.2, 0.25) is 0 Å². The van der Waals surface area contributed by atoms with Crippen molar-refractivity contribution >= 4 is 6.09 Å². The number of aliphatic hydroxyl groups is 1. The van der Waals surface area contributed by atoms with Crippen molar-refractivity contribution in [3.8, 4) is 0 Å². The lowest BCUT2D eigenvalue weighted by atomic mass is 9.96. The number of hydrogen-bond donors (Lipinski definition) is 2. The fraction of sp³-hybridized carbons (Fsp3) is 0.562. The number of rotatable bonds is 3. The van der Waals surface area contributed by atoms with E-state index in [2.05, 4.69) is 10.1 Å². The highest BCUT2D eigenvalue weighted by molar-refractivity contribution is 5.67. The number of nitrogens with one attached hydrogen (secondary N) is 1. The van der Waals surface area contributed by atoms with Gasteiger partial charge in [0, 0.05) is 12.7 Å². The van der Waals surface area contributed by atoms with Crippen molar-refractivity contribution < 1.29 is 33.6 Å². The predicted molar refractivity (Wildman–Crippen MR) is 81.0 cm³/mol. The SMILES string of the molecule is COC(=O)N[C@H]1[C@@H](OC)O[C@@H]2CO[C@@H](c3ccccc3)O[C@H]2[C@@H]1O. The highest BCUT2D eigenvalue weighted by Crippen LogP contribution is 2.34. The van der Waals surface area contributed by atoms with Crippen LogP contribution >= 0.6 is 0 Å². The standard InChI is InChI=1S/C16H21NO7/c1-20-15-11(17-16(19)21-2)12(18)13-10(23-15)8-22-14(24-13)9-6-4-3-5-7-9/h3-7,10-15,18H,8H2,1-2H3,(H,17,19)/t10-,11-,12-,13-,14-,15+/m1/s1. The summed E-state index contributed by atoms with van der Waals surface area (Å²) in [6, 6.07) is 8.59. The Morgan fingerprint density at radius 3 is 2.67 bits per heavy atom. The van der Waals surface area contributed by atoms with Crippen LogP contribution < -0.4 is 5.32 Å². The number of methoxy groups -OCH3 is 2. The second kappa shape index (κ2) is 7.45. The number of hydrogen-bond acceptors (Lipinski definition) is 7. The quantitative estimate of drug-likeness (QED) is 0.830. The van der Waals surface area contributed by atoms with E-state index in [4.69, 9.17) is 18.9 Å². The summed E-state index contributed by atoms with van der Waals surface area (Å²) in [6.45, 7) is 0.242. The first-order valence-electron chi connectivity index (χ1n) is 7.67. The third kappa shape index (κ3) is 3.38. The topological polar surface area (TPSA) is 95.5 Å². The van der Waals surface area contributed by atoms with E-state index in [1.54, 1.807) is 0 Å². The summed E-state index contributed by atoms with van der Waals surface area (Å²) in [5.41, 5.74) is 0.842. The molecular weight excluding hydrogens is 318 g/mol. The highest BCUT2D eigenvalue weighted by Gasteiger charge is 2.50. The molecule has 2 heterocycles. The summed E-state index contributed by atoms with van der Waals surface area (Å²) >= 11 is 0. The molecule has 0 bridgehead atoms. The van der Waals surface area contributed by atoms with E-state index in [0.29, 0.717) is 0 Å². The van der Waals surface area contributed by atoms with Crippen LogP contribution in [0.2, 0.25) is 0 Å². The average Bonchev–Trinajstić information content (AvgIpc) is 2.64. The third-order valence-electron chi connectivity index (χ3n) is 4.14. The van der Waals surface area contributed by atoms with Crippen molar-refractivity contribution in [1.82, 2.24) is 5.32 Å². The number of carbonyl (C=O) groups is 1. The molecule has 132 valence electrons. The van der Waals surface area contributed by atoms with Crippen LogP contribution in [0.3, 0.4) is 0 Å². The maximum Gasteiger partial charge on any atom is 0.407 e. The van der Waals surface area contributed by atoms with Crippen LogP contribution in [0, 0.1) is 0 Å². The lowest BCUT2D eigenvalue weighted by Gasteiger charge is -2.47. The van der Waals surface area contributed by atoms with E-state index in [0.717, 1.165) is 5.56 Å². The lowest BCUT2D eigenvalue weighted by Crippen LogP contribution is -2.66. The molecule has 1 amide bonds. The summed E-state index contributed by atoms with van der Waals surface area (Å²) in [7, 11) is 2.67. The van der Waals surface area contributed by atoms with E-state index in [-0.39, 0.29) is 6.61 Å². The largest absolute Gasteiger partial charge is 0.453 e. The molecule has 2 aliphatic heterocycles. The van der Waals surface area contributed by atoms with Gasteiger partial charge < -0.3 is 34.1 Å². The predicted octanol–water partition coefficient (Wildman–Crippen LogP) is 0.557. The van der Waals surface area contributed by atoms with Gasteiger partial charge in [0.1, 0.15) is 24.4 Å². The van der Waals surface area contributed by atoms with E-state index in [9.17, 15) is 9.90 Å². The molecular formula is C16H21NO7. The van der Waals surface area contributed by atoms with E-state index >= 15 is 0 Å². The Balaban J connectivity index is 1.75. The minimum Gasteiger partial charge on any atom is -0.453 e. The molecule has 0 aromatic heterocycles. The molecule has 6 atom stereocenters. The monoisotopic (exact) mass is 339 g/mol. The summed E-state index contributed by atoms with van der Waals surface area (Å²) in [5.74, 6) is 0. The maximum absolute atomic E-state index is 11.5. The van der Waals surface area contributed by atoms with Crippen LogP contribution in [0.5, 0.6) is 0 Å². The van der Waals surface area contributed by atoms with Gasteiger partial charge in [-0.3, -0.25) is 0 Å². The summed E-state index contributed by atoms with van der Waals surface area (Å²) in [6.07, 6.45) is -4.33. The molecule has 3 rings (SSSR count). The number of amides is 1. The molecule has 0 aliphatic carbocycles. The maximum atomic E-state index is 11.5. The number of ether oxygens (including phenoxy) is 5. The normalized spacial score (nSPS) is 35.8. The Bertz CT molecular complexity index is 555. The van der Waals surface area contributed by atoms with Crippen molar-refractivity contribution in [3.05, 3.63) is 35.9 Å². The Labute approximate surface area is 139 Å².